The van der Waals surface area contributed by atoms with E-state index in [0.29, 0.717) is 4.90 Å². The van der Waals surface area contributed by atoms with Crippen LogP contribution >= 0.6 is 0 Å². The third-order valence-corrected chi connectivity index (χ3v) is 5.92. The summed E-state index contributed by atoms with van der Waals surface area (Å²) in [4.78, 5) is 4.92. The molecule has 0 radical (unpaired) electrons. The van der Waals surface area contributed by atoms with Crippen molar-refractivity contribution in [2.45, 2.75) is 11.8 Å². The van der Waals surface area contributed by atoms with Gasteiger partial charge in [0.05, 0.1) is 11.4 Å². The van der Waals surface area contributed by atoms with Crippen LogP contribution < -0.4 is 0 Å². The second-order valence-electron chi connectivity index (χ2n) is 6.17. The number of benzene rings is 1. The quantitative estimate of drug-likeness (QED) is 0.706. The highest BCUT2D eigenvalue weighted by Crippen LogP contribution is 2.17. The topological polar surface area (TPSA) is 43.9 Å². The summed E-state index contributed by atoms with van der Waals surface area (Å²) in [6, 6.07) is 6.92. The van der Waals surface area contributed by atoms with Crippen LogP contribution in [-0.2, 0) is 10.0 Å². The molecule has 24 heavy (non-hydrogen) atoms. The van der Waals surface area contributed by atoms with Crippen LogP contribution in [0.4, 0.5) is 0 Å². The minimum absolute atomic E-state index is 0.259. The third kappa shape index (κ3) is 4.93. The van der Waals surface area contributed by atoms with Crippen molar-refractivity contribution < 1.29 is 8.42 Å². The fraction of sp³-hybridized carbons (Fsp3) is 0.444. The number of nitrogens with zero attached hydrogens (tertiary/aromatic N) is 3. The lowest BCUT2D eigenvalue weighted by Gasteiger charge is -2.31. The molecule has 0 aromatic heterocycles. The van der Waals surface area contributed by atoms with Gasteiger partial charge in [-0.25, -0.2) is 8.42 Å². The third-order valence-electron chi connectivity index (χ3n) is 4.17. The normalized spacial score (nSPS) is 17.2. The molecule has 1 aliphatic heterocycles. The van der Waals surface area contributed by atoms with Crippen molar-refractivity contribution in [1.29, 1.82) is 0 Å². The molecule has 132 valence electrons. The summed E-state index contributed by atoms with van der Waals surface area (Å²) in [7, 11) is -1.42. The van der Waals surface area contributed by atoms with Gasteiger partial charge in [-0.15, -0.1) is 6.58 Å². The highest BCUT2D eigenvalue weighted by atomic mass is 32.2. The Labute approximate surface area is 145 Å². The van der Waals surface area contributed by atoms with Gasteiger partial charge in [-0.2, -0.15) is 0 Å². The Hall–Kier alpha value is -1.63. The molecular weight excluding hydrogens is 322 g/mol. The summed E-state index contributed by atoms with van der Waals surface area (Å²) in [5.74, 6) is 0. The van der Waals surface area contributed by atoms with Gasteiger partial charge in [0.15, 0.2) is 0 Å². The number of likely N-dealkylation sites (N-methyl/N-ethyl adjacent to an activating group) is 1. The molecule has 1 aliphatic rings. The van der Waals surface area contributed by atoms with Gasteiger partial charge in [-0.1, -0.05) is 29.8 Å². The Morgan fingerprint density at radius 2 is 1.79 bits per heavy atom. The maximum absolute atomic E-state index is 12.8. The van der Waals surface area contributed by atoms with Crippen molar-refractivity contribution in [3.8, 4) is 0 Å². The Kier molecular flexibility index (Phi) is 6.60. The molecule has 0 atom stereocenters. The number of piperazine rings is 1. The van der Waals surface area contributed by atoms with E-state index in [2.05, 4.69) is 23.4 Å². The van der Waals surface area contributed by atoms with Crippen molar-refractivity contribution in [2.24, 2.45) is 0 Å². The minimum atomic E-state index is -3.54. The van der Waals surface area contributed by atoms with Crippen LogP contribution in [0.2, 0.25) is 0 Å². The van der Waals surface area contributed by atoms with E-state index in [0.717, 1.165) is 38.3 Å². The molecule has 1 saturated heterocycles. The minimum Gasteiger partial charge on any atom is -0.304 e. The first kappa shape index (κ1) is 18.7. The zero-order valence-corrected chi connectivity index (χ0v) is 15.4. The molecule has 0 unspecified atom stereocenters. The Bertz CT molecular complexity index is 660. The monoisotopic (exact) mass is 349 g/mol. The largest absolute Gasteiger partial charge is 0.304 e. The van der Waals surface area contributed by atoms with E-state index in [9.17, 15) is 8.42 Å². The summed E-state index contributed by atoms with van der Waals surface area (Å²) in [6.07, 6.45) is 5.18. The van der Waals surface area contributed by atoms with Crippen LogP contribution in [0.1, 0.15) is 5.56 Å². The van der Waals surface area contributed by atoms with Crippen LogP contribution in [0, 0.1) is 6.92 Å². The molecule has 0 amide bonds. The number of rotatable bonds is 7. The average molecular weight is 350 g/mol. The molecule has 0 saturated carbocycles. The molecule has 5 nitrogen and oxygen atoms in total. The van der Waals surface area contributed by atoms with E-state index < -0.39 is 10.0 Å². The molecule has 0 aliphatic carbocycles. The van der Waals surface area contributed by atoms with Gasteiger partial charge in [-0.3, -0.25) is 9.21 Å². The predicted molar refractivity (Wildman–Crippen MR) is 98.3 cm³/mol. The summed E-state index contributed by atoms with van der Waals surface area (Å²) >= 11 is 0. The molecular formula is C18H27N3O2S. The first-order chi connectivity index (χ1) is 11.4. The Morgan fingerprint density at radius 3 is 2.38 bits per heavy atom. The van der Waals surface area contributed by atoms with Gasteiger partial charge < -0.3 is 4.90 Å². The van der Waals surface area contributed by atoms with Gasteiger partial charge in [-0.05, 0) is 26.1 Å². The van der Waals surface area contributed by atoms with Crippen molar-refractivity contribution in [3.63, 3.8) is 0 Å². The fourth-order valence-electron chi connectivity index (χ4n) is 2.56. The lowest BCUT2D eigenvalue weighted by Crippen LogP contribution is -2.44. The van der Waals surface area contributed by atoms with Crippen molar-refractivity contribution in [3.05, 3.63) is 54.8 Å². The Balaban J connectivity index is 2.06. The zero-order chi connectivity index (χ0) is 17.6. The SMILES string of the molecule is C=CCN(/C=C/CN1CCN(C)CC1)S(=O)(=O)c1ccc(C)cc1. The van der Waals surface area contributed by atoms with Gasteiger partial charge in [0.2, 0.25) is 0 Å². The smallest absolute Gasteiger partial charge is 0.264 e. The van der Waals surface area contributed by atoms with Crippen molar-refractivity contribution in [2.75, 3.05) is 46.3 Å². The molecule has 1 heterocycles. The summed E-state index contributed by atoms with van der Waals surface area (Å²) < 4.78 is 26.9. The van der Waals surface area contributed by atoms with Crippen LogP contribution in [0.5, 0.6) is 0 Å². The second-order valence-corrected chi connectivity index (χ2v) is 8.06. The molecule has 1 aromatic rings. The lowest BCUT2D eigenvalue weighted by molar-refractivity contribution is 0.166. The second kappa shape index (κ2) is 8.46. The highest BCUT2D eigenvalue weighted by Gasteiger charge is 2.20. The molecule has 1 fully saturated rings. The summed E-state index contributed by atoms with van der Waals surface area (Å²) in [5.41, 5.74) is 1.04. The number of hydrogen-bond donors (Lipinski definition) is 0. The van der Waals surface area contributed by atoms with Crippen molar-refractivity contribution in [1.82, 2.24) is 14.1 Å². The fourth-order valence-corrected chi connectivity index (χ4v) is 3.85. The van der Waals surface area contributed by atoms with E-state index in [1.54, 1.807) is 24.4 Å². The number of hydrogen-bond acceptors (Lipinski definition) is 4. The van der Waals surface area contributed by atoms with Crippen LogP contribution in [-0.4, -0.2) is 68.8 Å². The Morgan fingerprint density at radius 1 is 1.17 bits per heavy atom. The predicted octanol–water partition coefficient (Wildman–Crippen LogP) is 1.93. The molecule has 2 rings (SSSR count). The van der Waals surface area contributed by atoms with Crippen LogP contribution in [0.15, 0.2) is 54.1 Å². The summed E-state index contributed by atoms with van der Waals surface area (Å²) in [5, 5.41) is 0. The van der Waals surface area contributed by atoms with E-state index in [1.165, 1.54) is 4.31 Å². The van der Waals surface area contributed by atoms with E-state index in [4.69, 9.17) is 0 Å². The van der Waals surface area contributed by atoms with Gasteiger partial charge in [0, 0.05) is 38.9 Å². The molecule has 0 spiro atoms. The lowest BCUT2D eigenvalue weighted by atomic mass is 10.2. The first-order valence-electron chi connectivity index (χ1n) is 8.20. The number of sulfonamides is 1. The maximum atomic E-state index is 12.8. The van der Waals surface area contributed by atoms with E-state index >= 15 is 0 Å². The average Bonchev–Trinajstić information content (AvgIpc) is 2.56. The molecule has 0 bridgehead atoms. The van der Waals surface area contributed by atoms with E-state index in [-0.39, 0.29) is 6.54 Å². The van der Waals surface area contributed by atoms with Gasteiger partial charge >= 0.3 is 0 Å². The number of aryl methyl sites for hydroxylation is 1. The zero-order valence-electron chi connectivity index (χ0n) is 14.6. The highest BCUT2D eigenvalue weighted by molar-refractivity contribution is 7.89. The maximum Gasteiger partial charge on any atom is 0.264 e. The summed E-state index contributed by atoms with van der Waals surface area (Å²) in [6.45, 7) is 10.7. The molecule has 0 N–H and O–H groups in total. The van der Waals surface area contributed by atoms with Crippen LogP contribution in [0.25, 0.3) is 0 Å². The molecule has 1 aromatic carbocycles. The first-order valence-corrected chi connectivity index (χ1v) is 9.64. The van der Waals surface area contributed by atoms with E-state index in [1.807, 2.05) is 25.1 Å². The standard InChI is InChI=1S/C18H27N3O2S/c1-4-10-21(12-5-11-20-15-13-19(3)14-16-20)24(22,23)18-8-6-17(2)7-9-18/h4-9,12H,1,10-11,13-16H2,2-3H3/b12-5+. The van der Waals surface area contributed by atoms with Gasteiger partial charge in [0.25, 0.3) is 10.0 Å². The van der Waals surface area contributed by atoms with Crippen molar-refractivity contribution >= 4 is 10.0 Å². The van der Waals surface area contributed by atoms with Crippen LogP contribution in [0.3, 0.4) is 0 Å². The molecule has 6 heteroatoms. The van der Waals surface area contributed by atoms with Gasteiger partial charge in [0.1, 0.15) is 0 Å².